The summed E-state index contributed by atoms with van der Waals surface area (Å²) in [6.07, 6.45) is -0.706. The predicted molar refractivity (Wildman–Crippen MR) is 119 cm³/mol. The third kappa shape index (κ3) is 5.58. The number of carbonyl (C=O) groups is 1. The Labute approximate surface area is 190 Å². The molecule has 3 aromatic rings. The van der Waals surface area contributed by atoms with Crippen molar-refractivity contribution in [2.45, 2.75) is 13.0 Å². The van der Waals surface area contributed by atoms with Crippen molar-refractivity contribution in [2.24, 2.45) is 0 Å². The van der Waals surface area contributed by atoms with E-state index in [1.54, 1.807) is 43.3 Å². The molecule has 9 heteroatoms. The number of carbonyl (C=O) groups excluding carboxylic acids is 1. The Kier molecular flexibility index (Phi) is 6.95. The number of hydrazine groups is 1. The van der Waals surface area contributed by atoms with Gasteiger partial charge in [0.05, 0.1) is 0 Å². The molecule has 1 aromatic heterocycles. The Bertz CT molecular complexity index is 1100. The number of piperazine rings is 1. The van der Waals surface area contributed by atoms with Crippen LogP contribution in [0.2, 0.25) is 5.02 Å². The van der Waals surface area contributed by atoms with E-state index in [9.17, 15) is 14.3 Å². The number of aliphatic hydroxyl groups excluding tert-OH is 1. The maximum Gasteiger partial charge on any atom is 0.301 e. The lowest BCUT2D eigenvalue weighted by atomic mass is 10.2. The van der Waals surface area contributed by atoms with Crippen molar-refractivity contribution in [1.82, 2.24) is 15.3 Å². The third-order valence-corrected chi connectivity index (χ3v) is 5.62. The average molecular weight is 462 g/mol. The van der Waals surface area contributed by atoms with Gasteiger partial charge in [-0.2, -0.15) is 0 Å². The second-order valence-electron chi connectivity index (χ2n) is 7.90. The molecule has 2 heterocycles. The third-order valence-electron chi connectivity index (χ3n) is 5.39. The molecule has 1 atom stereocenters. The van der Waals surface area contributed by atoms with Gasteiger partial charge in [-0.05, 0) is 42.8 Å². The van der Waals surface area contributed by atoms with Gasteiger partial charge in [-0.1, -0.05) is 17.7 Å². The van der Waals surface area contributed by atoms with E-state index in [1.807, 2.05) is 5.01 Å². The van der Waals surface area contributed by atoms with Gasteiger partial charge in [0.15, 0.2) is 5.76 Å². The Morgan fingerprint density at radius 1 is 1.22 bits per heavy atom. The average Bonchev–Trinajstić information content (AvgIpc) is 3.19. The minimum Gasteiger partial charge on any atom is -0.491 e. The van der Waals surface area contributed by atoms with Gasteiger partial charge in [0.2, 0.25) is 0 Å². The Hall–Kier alpha value is -2.65. The molecular weight excluding hydrogens is 437 g/mol. The predicted octanol–water partition coefficient (Wildman–Crippen LogP) is 3.24. The molecule has 0 saturated carbocycles. The maximum atomic E-state index is 13.6. The number of hydrogen-bond acceptors (Lipinski definition) is 6. The van der Waals surface area contributed by atoms with Crippen LogP contribution in [0.4, 0.5) is 4.39 Å². The van der Waals surface area contributed by atoms with Crippen LogP contribution in [0.15, 0.2) is 46.9 Å². The summed E-state index contributed by atoms with van der Waals surface area (Å²) < 4.78 is 24.7. The van der Waals surface area contributed by atoms with Gasteiger partial charge in [-0.15, -0.1) is 0 Å². The molecular formula is C23H25ClFN3O4. The molecule has 170 valence electrons. The van der Waals surface area contributed by atoms with Gasteiger partial charge < -0.3 is 14.3 Å². The van der Waals surface area contributed by atoms with Crippen molar-refractivity contribution in [2.75, 3.05) is 39.3 Å². The minimum atomic E-state index is -0.706. The molecule has 2 aromatic carbocycles. The standard InChI is InChI=1S/C23H25ClFN3O4/c1-15-2-4-19(12-20(15)25)31-14-18(29)13-27-6-8-28(9-7-27)26-23(30)22-11-16-10-17(24)3-5-21(16)32-22/h2-5,10-12,18,29H,6-9,13-14H2,1H3,(H,26,30). The number of ether oxygens (including phenoxy) is 1. The van der Waals surface area contributed by atoms with Crippen molar-refractivity contribution in [3.8, 4) is 5.75 Å². The fourth-order valence-electron chi connectivity index (χ4n) is 3.57. The van der Waals surface area contributed by atoms with Crippen LogP contribution in [0.1, 0.15) is 16.1 Å². The Morgan fingerprint density at radius 2 is 2.00 bits per heavy atom. The second kappa shape index (κ2) is 9.87. The lowest BCUT2D eigenvalue weighted by Gasteiger charge is -2.35. The van der Waals surface area contributed by atoms with Crippen LogP contribution in [0, 0.1) is 12.7 Å². The monoisotopic (exact) mass is 461 g/mol. The summed E-state index contributed by atoms with van der Waals surface area (Å²) in [5.74, 6) is -0.0245. The first-order valence-electron chi connectivity index (χ1n) is 10.4. The van der Waals surface area contributed by atoms with E-state index in [0.29, 0.717) is 54.6 Å². The highest BCUT2D eigenvalue weighted by atomic mass is 35.5. The van der Waals surface area contributed by atoms with Gasteiger partial charge in [0.25, 0.3) is 0 Å². The van der Waals surface area contributed by atoms with Crippen molar-refractivity contribution in [1.29, 1.82) is 0 Å². The number of hydrogen-bond donors (Lipinski definition) is 2. The van der Waals surface area contributed by atoms with Crippen LogP contribution in [-0.4, -0.2) is 66.4 Å². The quantitative estimate of drug-likeness (QED) is 0.562. The summed E-state index contributed by atoms with van der Waals surface area (Å²) in [7, 11) is 0. The van der Waals surface area contributed by atoms with E-state index >= 15 is 0 Å². The number of furan rings is 1. The van der Waals surface area contributed by atoms with Crippen LogP contribution >= 0.6 is 11.6 Å². The van der Waals surface area contributed by atoms with Crippen molar-refractivity contribution < 1.29 is 23.4 Å². The number of halogens is 2. The van der Waals surface area contributed by atoms with Gasteiger partial charge in [-0.25, -0.2) is 9.40 Å². The number of aryl methyl sites for hydroxylation is 1. The van der Waals surface area contributed by atoms with E-state index in [0.717, 1.165) is 5.39 Å². The fraction of sp³-hybridized carbons (Fsp3) is 0.348. The van der Waals surface area contributed by atoms with Gasteiger partial charge in [-0.3, -0.25) is 15.1 Å². The number of nitrogens with zero attached hydrogens (tertiary/aromatic N) is 2. The number of fused-ring (bicyclic) bond motifs is 1. The maximum absolute atomic E-state index is 13.6. The first kappa shape index (κ1) is 22.5. The number of rotatable bonds is 7. The zero-order chi connectivity index (χ0) is 22.7. The number of aliphatic hydroxyl groups is 1. The van der Waals surface area contributed by atoms with Crippen molar-refractivity contribution >= 4 is 28.5 Å². The molecule has 1 unspecified atom stereocenters. The lowest BCUT2D eigenvalue weighted by molar-refractivity contribution is 0.0310. The van der Waals surface area contributed by atoms with Gasteiger partial charge in [0.1, 0.15) is 29.9 Å². The first-order chi connectivity index (χ1) is 15.4. The molecule has 0 spiro atoms. The van der Waals surface area contributed by atoms with E-state index in [4.69, 9.17) is 20.8 Å². The minimum absolute atomic E-state index is 0.0789. The molecule has 1 fully saturated rings. The number of benzene rings is 2. The summed E-state index contributed by atoms with van der Waals surface area (Å²) in [6.45, 7) is 4.75. The number of nitrogens with one attached hydrogen (secondary N) is 1. The van der Waals surface area contributed by atoms with Crippen LogP contribution in [-0.2, 0) is 0 Å². The van der Waals surface area contributed by atoms with E-state index < -0.39 is 6.10 Å². The largest absolute Gasteiger partial charge is 0.491 e. The molecule has 1 aliphatic heterocycles. The molecule has 7 nitrogen and oxygen atoms in total. The fourth-order valence-corrected chi connectivity index (χ4v) is 3.75. The van der Waals surface area contributed by atoms with Crippen molar-refractivity contribution in [3.63, 3.8) is 0 Å². The Morgan fingerprint density at radius 3 is 2.75 bits per heavy atom. The Balaban J connectivity index is 1.21. The highest BCUT2D eigenvalue weighted by Crippen LogP contribution is 2.23. The molecule has 32 heavy (non-hydrogen) atoms. The van der Waals surface area contributed by atoms with Crippen LogP contribution < -0.4 is 10.2 Å². The summed E-state index contributed by atoms with van der Waals surface area (Å²) in [4.78, 5) is 14.6. The van der Waals surface area contributed by atoms with E-state index in [2.05, 4.69) is 10.3 Å². The highest BCUT2D eigenvalue weighted by Gasteiger charge is 2.22. The zero-order valence-corrected chi connectivity index (χ0v) is 18.4. The second-order valence-corrected chi connectivity index (χ2v) is 8.33. The SMILES string of the molecule is Cc1ccc(OCC(O)CN2CCN(NC(=O)c3cc4cc(Cl)ccc4o3)CC2)cc1F. The molecule has 1 aliphatic rings. The summed E-state index contributed by atoms with van der Waals surface area (Å²) in [5, 5.41) is 13.5. The lowest BCUT2D eigenvalue weighted by Crippen LogP contribution is -2.54. The molecule has 1 amide bonds. The van der Waals surface area contributed by atoms with Crippen molar-refractivity contribution in [3.05, 3.63) is 64.6 Å². The molecule has 0 radical (unpaired) electrons. The topological polar surface area (TPSA) is 78.2 Å². The first-order valence-corrected chi connectivity index (χ1v) is 10.8. The highest BCUT2D eigenvalue weighted by molar-refractivity contribution is 6.31. The van der Waals surface area contributed by atoms with E-state index in [1.165, 1.54) is 6.07 Å². The zero-order valence-electron chi connectivity index (χ0n) is 17.7. The smallest absolute Gasteiger partial charge is 0.301 e. The van der Waals surface area contributed by atoms with Gasteiger partial charge >= 0.3 is 5.91 Å². The molecule has 0 bridgehead atoms. The van der Waals surface area contributed by atoms with E-state index in [-0.39, 0.29) is 24.1 Å². The molecule has 1 saturated heterocycles. The van der Waals surface area contributed by atoms with Crippen LogP contribution in [0.5, 0.6) is 5.75 Å². The normalized spacial score (nSPS) is 16.2. The summed E-state index contributed by atoms with van der Waals surface area (Å²) in [6, 6.07) is 11.5. The molecule has 4 rings (SSSR count). The van der Waals surface area contributed by atoms with Gasteiger partial charge in [0, 0.05) is 49.2 Å². The number of β-amino-alcohol motifs (C(OH)–C–C–N with tert-alkyl or cyclic N) is 1. The number of amides is 1. The summed E-state index contributed by atoms with van der Waals surface area (Å²) in [5.41, 5.74) is 4.01. The van der Waals surface area contributed by atoms with Crippen LogP contribution in [0.3, 0.4) is 0 Å². The molecule has 2 N–H and O–H groups in total. The van der Waals surface area contributed by atoms with Crippen LogP contribution in [0.25, 0.3) is 11.0 Å². The molecule has 0 aliphatic carbocycles. The summed E-state index contributed by atoms with van der Waals surface area (Å²) >= 11 is 5.98.